The Morgan fingerprint density at radius 1 is 0.750 bits per heavy atom. The summed E-state index contributed by atoms with van der Waals surface area (Å²) < 4.78 is 1.05. The van der Waals surface area contributed by atoms with Crippen LogP contribution in [0.15, 0.2) is 0 Å². The van der Waals surface area contributed by atoms with E-state index in [-0.39, 0.29) is 0 Å². The molecule has 2 unspecified atom stereocenters. The van der Waals surface area contributed by atoms with Gasteiger partial charge in [0.15, 0.2) is 0 Å². The summed E-state index contributed by atoms with van der Waals surface area (Å²) in [6.45, 7) is 4.67. The van der Waals surface area contributed by atoms with E-state index in [0.29, 0.717) is 0 Å². The van der Waals surface area contributed by atoms with Crippen molar-refractivity contribution in [2.24, 2.45) is 0 Å². The average Bonchev–Trinajstić information content (AvgIpc) is 2.21. The third-order valence-corrected chi connectivity index (χ3v) is 6.34. The maximum atomic E-state index is 2.34. The Balaban J connectivity index is 3.63. The molecule has 0 spiro atoms. The summed E-state index contributed by atoms with van der Waals surface area (Å²) in [6, 6.07) is 1.49. The summed E-state index contributed by atoms with van der Waals surface area (Å²) >= 11 is 0.991. The number of nitrogens with zero attached hydrogens (tertiary/aromatic N) is 2. The third kappa shape index (κ3) is 7.77. The minimum atomic E-state index is 0.746. The first-order chi connectivity index (χ1) is 7.34. The van der Waals surface area contributed by atoms with Gasteiger partial charge in [-0.15, -0.1) is 0 Å². The Hall–Kier alpha value is 0.556. The second kappa shape index (κ2) is 8.62. The van der Waals surface area contributed by atoms with E-state index in [2.05, 4.69) is 51.8 Å². The zero-order chi connectivity index (χ0) is 12.7. The summed E-state index contributed by atoms with van der Waals surface area (Å²) in [6.07, 6.45) is 5.63. The van der Waals surface area contributed by atoms with Crippen molar-refractivity contribution in [3.8, 4) is 0 Å². The van der Waals surface area contributed by atoms with Crippen LogP contribution in [0.25, 0.3) is 0 Å². The van der Waals surface area contributed by atoms with Gasteiger partial charge < -0.3 is 0 Å². The van der Waals surface area contributed by atoms with Gasteiger partial charge in [-0.2, -0.15) is 0 Å². The van der Waals surface area contributed by atoms with E-state index in [1.165, 1.54) is 25.7 Å². The molecule has 0 fully saturated rings. The molecule has 2 nitrogen and oxygen atoms in total. The summed E-state index contributed by atoms with van der Waals surface area (Å²) in [5, 5.41) is 0. The molecule has 0 radical (unpaired) electrons. The fourth-order valence-corrected chi connectivity index (χ4v) is 3.11. The molecule has 0 amide bonds. The minimum absolute atomic E-state index is 0.746. The fourth-order valence-electron chi connectivity index (χ4n) is 1.71. The van der Waals surface area contributed by atoms with E-state index in [0.717, 1.165) is 35.2 Å². The van der Waals surface area contributed by atoms with E-state index in [9.17, 15) is 0 Å². The molecular formula is C13H31GaN2. The summed E-state index contributed by atoms with van der Waals surface area (Å²) in [7, 11) is 8.74. The van der Waals surface area contributed by atoms with Gasteiger partial charge in [0, 0.05) is 0 Å². The second-order valence-corrected chi connectivity index (χ2v) is 9.31. The molecule has 0 aromatic rings. The Labute approximate surface area is 113 Å². The molecule has 0 saturated heterocycles. The topological polar surface area (TPSA) is 6.48 Å². The van der Waals surface area contributed by atoms with E-state index in [4.69, 9.17) is 0 Å². The monoisotopic (exact) mass is 284 g/mol. The van der Waals surface area contributed by atoms with Crippen molar-refractivity contribution in [1.29, 1.82) is 0 Å². The second-order valence-electron chi connectivity index (χ2n) is 5.89. The van der Waals surface area contributed by atoms with Crippen molar-refractivity contribution < 1.29 is 0 Å². The Morgan fingerprint density at radius 2 is 1.06 bits per heavy atom. The summed E-state index contributed by atoms with van der Waals surface area (Å²) in [5.41, 5.74) is 0. The Morgan fingerprint density at radius 3 is 1.31 bits per heavy atom. The number of hydrogen-bond acceptors (Lipinski definition) is 2. The van der Waals surface area contributed by atoms with E-state index < -0.39 is 0 Å². The van der Waals surface area contributed by atoms with Crippen molar-refractivity contribution in [3.05, 3.63) is 0 Å². The molecular weight excluding hydrogens is 254 g/mol. The van der Waals surface area contributed by atoms with Gasteiger partial charge in [0.1, 0.15) is 0 Å². The van der Waals surface area contributed by atoms with Crippen LogP contribution < -0.4 is 0 Å². The van der Waals surface area contributed by atoms with Gasteiger partial charge in [-0.3, -0.25) is 0 Å². The predicted molar refractivity (Wildman–Crippen MR) is 77.1 cm³/mol. The molecule has 0 aromatic heterocycles. The van der Waals surface area contributed by atoms with Crippen LogP contribution in [-0.4, -0.2) is 68.7 Å². The third-order valence-electron chi connectivity index (χ3n) is 3.92. The van der Waals surface area contributed by atoms with Crippen LogP contribution in [0.4, 0.5) is 0 Å². The van der Waals surface area contributed by atoms with Gasteiger partial charge in [0.2, 0.25) is 0 Å². The van der Waals surface area contributed by atoms with Crippen LogP contribution in [0.5, 0.6) is 0 Å². The molecule has 0 rings (SSSR count). The first kappa shape index (κ1) is 16.6. The van der Waals surface area contributed by atoms with Crippen LogP contribution in [0.2, 0.25) is 4.47 Å². The van der Waals surface area contributed by atoms with Crippen LogP contribution >= 0.6 is 0 Å². The van der Waals surface area contributed by atoms with E-state index >= 15 is 0 Å². The SMILES string of the molecule is CC(CC[CH]([GaH2])CCC(C)N(C)C)N(C)C. The molecule has 2 atom stereocenters. The predicted octanol–water partition coefficient (Wildman–Crippen LogP) is 1.87. The van der Waals surface area contributed by atoms with Gasteiger partial charge in [-0.05, 0) is 0 Å². The molecule has 0 heterocycles. The zero-order valence-electron chi connectivity index (χ0n) is 12.5. The van der Waals surface area contributed by atoms with Crippen LogP contribution in [-0.2, 0) is 0 Å². The van der Waals surface area contributed by atoms with E-state index in [1.807, 2.05) is 0 Å². The summed E-state index contributed by atoms with van der Waals surface area (Å²) in [5.74, 6) is 0. The molecule has 3 heteroatoms. The molecule has 0 aliphatic heterocycles. The van der Waals surface area contributed by atoms with Gasteiger partial charge in [0.25, 0.3) is 0 Å². The molecule has 0 aliphatic rings. The van der Waals surface area contributed by atoms with Crippen molar-refractivity contribution in [3.63, 3.8) is 0 Å². The van der Waals surface area contributed by atoms with Gasteiger partial charge in [0.05, 0.1) is 0 Å². The van der Waals surface area contributed by atoms with Crippen LogP contribution in [0.1, 0.15) is 39.5 Å². The van der Waals surface area contributed by atoms with Gasteiger partial charge in [-0.25, -0.2) is 0 Å². The molecule has 96 valence electrons. The standard InChI is InChI=1S/C13H29N2.Ga.2H/c1-12(14(3)4)10-8-7-9-11-13(2)15(5)6;;;/h7,12-13H,8-11H2,1-6H3;;;. The number of hydrogen-bond donors (Lipinski definition) is 0. The molecule has 0 aromatic carbocycles. The van der Waals surface area contributed by atoms with Crippen LogP contribution in [0, 0.1) is 0 Å². The Bertz CT molecular complexity index is 153. The summed E-state index contributed by atoms with van der Waals surface area (Å²) in [4.78, 5) is 4.67. The fraction of sp³-hybridized carbons (Fsp3) is 1.00. The molecule has 16 heavy (non-hydrogen) atoms. The molecule has 0 bridgehead atoms. The maximum absolute atomic E-state index is 2.34. The number of rotatable bonds is 8. The first-order valence-corrected chi connectivity index (χ1v) is 9.09. The zero-order valence-corrected chi connectivity index (χ0v) is 16.7. The van der Waals surface area contributed by atoms with E-state index in [1.54, 1.807) is 0 Å². The van der Waals surface area contributed by atoms with Crippen molar-refractivity contribution >= 4 is 18.6 Å². The van der Waals surface area contributed by atoms with Crippen molar-refractivity contribution in [2.75, 3.05) is 28.2 Å². The van der Waals surface area contributed by atoms with Gasteiger partial charge >= 0.3 is 113 Å². The average molecular weight is 285 g/mol. The molecule has 0 N–H and O–H groups in total. The normalized spacial score (nSPS) is 17.8. The van der Waals surface area contributed by atoms with Crippen LogP contribution in [0.3, 0.4) is 0 Å². The van der Waals surface area contributed by atoms with Crippen molar-refractivity contribution in [2.45, 2.75) is 56.1 Å². The van der Waals surface area contributed by atoms with Gasteiger partial charge in [-0.1, -0.05) is 0 Å². The first-order valence-electron chi connectivity index (χ1n) is 6.67. The van der Waals surface area contributed by atoms with Crippen molar-refractivity contribution in [1.82, 2.24) is 9.80 Å². The molecule has 0 saturated carbocycles. The molecule has 0 aliphatic carbocycles. The quantitative estimate of drug-likeness (QED) is 0.628. The Kier molecular flexibility index (Phi) is 8.92.